The molecule has 0 spiro atoms. The predicted octanol–water partition coefficient (Wildman–Crippen LogP) is 1.44. The third-order valence-corrected chi connectivity index (χ3v) is 5.56. The first-order valence-corrected chi connectivity index (χ1v) is 10.00. The molecule has 1 aliphatic heterocycles. The summed E-state index contributed by atoms with van der Waals surface area (Å²) in [7, 11) is -3.65. The third-order valence-electron chi connectivity index (χ3n) is 4.63. The van der Waals surface area contributed by atoms with Gasteiger partial charge in [0.15, 0.2) is 0 Å². The molecule has 0 radical (unpaired) electrons. The number of nitrogens with one attached hydrogen (secondary N) is 2. The van der Waals surface area contributed by atoms with Gasteiger partial charge in [0.25, 0.3) is 0 Å². The Hall–Kier alpha value is -1.15. The number of primary sulfonamides is 1. The highest BCUT2D eigenvalue weighted by atomic mass is 35.5. The van der Waals surface area contributed by atoms with E-state index in [1.165, 1.54) is 25.0 Å². The van der Waals surface area contributed by atoms with Crippen LogP contribution in [0.15, 0.2) is 29.2 Å². The van der Waals surface area contributed by atoms with Gasteiger partial charge in [0.1, 0.15) is 0 Å². The number of hydrogen-bond donors (Lipinski definition) is 3. The fourth-order valence-corrected chi connectivity index (χ4v) is 3.60. The smallest absolute Gasteiger partial charge is 0.238 e. The van der Waals surface area contributed by atoms with Crippen molar-refractivity contribution < 1.29 is 13.2 Å². The van der Waals surface area contributed by atoms with Crippen molar-refractivity contribution in [2.45, 2.75) is 37.5 Å². The first kappa shape index (κ1) is 21.9. The molecule has 0 aliphatic carbocycles. The van der Waals surface area contributed by atoms with E-state index in [4.69, 9.17) is 5.14 Å². The lowest BCUT2D eigenvalue weighted by Gasteiger charge is -2.28. The number of piperidine rings is 1. The minimum Gasteiger partial charge on any atom is -0.356 e. The highest BCUT2D eigenvalue weighted by molar-refractivity contribution is 7.89. The van der Waals surface area contributed by atoms with Crippen LogP contribution >= 0.6 is 12.4 Å². The zero-order chi connectivity index (χ0) is 17.6. The molecule has 2 atom stereocenters. The lowest BCUT2D eigenvalue weighted by molar-refractivity contribution is -0.122. The minimum absolute atomic E-state index is 0. The average molecular weight is 390 g/mol. The number of nitrogens with two attached hydrogens (primary N) is 1. The van der Waals surface area contributed by atoms with E-state index in [0.29, 0.717) is 31.2 Å². The lowest BCUT2D eigenvalue weighted by atomic mass is 9.85. The van der Waals surface area contributed by atoms with Crippen molar-refractivity contribution in [1.82, 2.24) is 10.6 Å². The van der Waals surface area contributed by atoms with Gasteiger partial charge in [-0.15, -0.1) is 12.4 Å². The van der Waals surface area contributed by atoms with Gasteiger partial charge in [-0.05, 0) is 61.9 Å². The maximum Gasteiger partial charge on any atom is 0.238 e. The molecule has 2 rings (SSSR count). The first-order chi connectivity index (χ1) is 11.4. The summed E-state index contributed by atoms with van der Waals surface area (Å²) in [6.07, 6.45) is 3.59. The quantitative estimate of drug-likeness (QED) is 0.656. The highest BCUT2D eigenvalue weighted by Gasteiger charge is 2.21. The van der Waals surface area contributed by atoms with Gasteiger partial charge in [-0.2, -0.15) is 0 Å². The fourth-order valence-electron chi connectivity index (χ4n) is 3.09. The predicted molar refractivity (Wildman–Crippen MR) is 101 cm³/mol. The Labute approximate surface area is 156 Å². The first-order valence-electron chi connectivity index (χ1n) is 8.45. The van der Waals surface area contributed by atoms with Crippen LogP contribution in [-0.4, -0.2) is 34.0 Å². The molecule has 1 saturated heterocycles. The molecule has 0 aromatic heterocycles. The largest absolute Gasteiger partial charge is 0.356 e. The van der Waals surface area contributed by atoms with E-state index >= 15 is 0 Å². The molecule has 2 unspecified atom stereocenters. The molecule has 1 aromatic rings. The van der Waals surface area contributed by atoms with Gasteiger partial charge in [-0.3, -0.25) is 4.79 Å². The zero-order valence-electron chi connectivity index (χ0n) is 14.5. The molecule has 1 amide bonds. The topological polar surface area (TPSA) is 101 Å². The number of carbonyl (C=O) groups is 1. The van der Waals surface area contributed by atoms with Gasteiger partial charge in [0.05, 0.1) is 4.90 Å². The number of carbonyl (C=O) groups excluding carboxylic acids is 1. The van der Waals surface area contributed by atoms with Crippen molar-refractivity contribution in [2.75, 3.05) is 19.6 Å². The standard InChI is InChI=1S/C17H27N3O3S.ClH/c1-13(15-3-2-9-19-12-15)11-17(21)20-10-8-14-4-6-16(7-5-14)24(18,22)23;/h4-7,13,15,19H,2-3,8-12H2,1H3,(H,20,21)(H2,18,22,23);1H. The summed E-state index contributed by atoms with van der Waals surface area (Å²) in [6.45, 7) is 4.77. The van der Waals surface area contributed by atoms with Gasteiger partial charge < -0.3 is 10.6 Å². The van der Waals surface area contributed by atoms with Crippen molar-refractivity contribution in [3.05, 3.63) is 29.8 Å². The Bertz CT molecular complexity index is 644. The van der Waals surface area contributed by atoms with Crippen LogP contribution in [0, 0.1) is 11.8 Å². The van der Waals surface area contributed by atoms with Crippen LogP contribution in [0.5, 0.6) is 0 Å². The van der Waals surface area contributed by atoms with E-state index in [1.807, 2.05) is 0 Å². The normalized spacial score (nSPS) is 18.9. The van der Waals surface area contributed by atoms with E-state index in [0.717, 1.165) is 18.7 Å². The van der Waals surface area contributed by atoms with E-state index in [9.17, 15) is 13.2 Å². The molecule has 1 fully saturated rings. The van der Waals surface area contributed by atoms with Crippen molar-refractivity contribution in [2.24, 2.45) is 17.0 Å². The van der Waals surface area contributed by atoms with Crippen LogP contribution in [0.1, 0.15) is 31.7 Å². The van der Waals surface area contributed by atoms with Crippen LogP contribution in [-0.2, 0) is 21.2 Å². The maximum atomic E-state index is 12.0. The molecule has 0 saturated carbocycles. The lowest BCUT2D eigenvalue weighted by Crippen LogP contribution is -2.36. The zero-order valence-corrected chi connectivity index (χ0v) is 16.2. The Balaban J connectivity index is 0.00000312. The molecule has 0 bridgehead atoms. The van der Waals surface area contributed by atoms with Gasteiger partial charge in [-0.1, -0.05) is 19.1 Å². The molecule has 25 heavy (non-hydrogen) atoms. The minimum atomic E-state index is -3.65. The molecule has 8 heteroatoms. The Kier molecular flexibility index (Phi) is 8.85. The summed E-state index contributed by atoms with van der Waals surface area (Å²) in [4.78, 5) is 12.1. The molecule has 6 nitrogen and oxygen atoms in total. The summed E-state index contributed by atoms with van der Waals surface area (Å²) in [5.41, 5.74) is 0.965. The number of sulfonamides is 1. The SMILES string of the molecule is CC(CC(=O)NCCc1ccc(S(N)(=O)=O)cc1)C1CCCNC1.Cl. The number of benzene rings is 1. The summed E-state index contributed by atoms with van der Waals surface area (Å²) in [5.74, 6) is 1.04. The monoisotopic (exact) mass is 389 g/mol. The van der Waals surface area contributed by atoms with Gasteiger partial charge in [-0.25, -0.2) is 13.6 Å². The summed E-state index contributed by atoms with van der Waals surface area (Å²) >= 11 is 0. The van der Waals surface area contributed by atoms with Crippen molar-refractivity contribution in [3.8, 4) is 0 Å². The van der Waals surface area contributed by atoms with Crippen LogP contribution in [0.25, 0.3) is 0 Å². The molecule has 1 aliphatic rings. The van der Waals surface area contributed by atoms with Crippen LogP contribution in [0.3, 0.4) is 0 Å². The summed E-state index contributed by atoms with van der Waals surface area (Å²) in [6, 6.07) is 6.43. The van der Waals surface area contributed by atoms with Crippen molar-refractivity contribution in [1.29, 1.82) is 0 Å². The van der Waals surface area contributed by atoms with Gasteiger partial charge in [0.2, 0.25) is 15.9 Å². The Morgan fingerprint density at radius 1 is 1.36 bits per heavy atom. The van der Waals surface area contributed by atoms with Gasteiger partial charge in [0, 0.05) is 13.0 Å². The van der Waals surface area contributed by atoms with Crippen LogP contribution < -0.4 is 15.8 Å². The second-order valence-corrected chi connectivity index (χ2v) is 8.14. The fraction of sp³-hybridized carbons (Fsp3) is 0.588. The Morgan fingerprint density at radius 2 is 2.04 bits per heavy atom. The molecular formula is C17H28ClN3O3S. The highest BCUT2D eigenvalue weighted by Crippen LogP contribution is 2.22. The van der Waals surface area contributed by atoms with Crippen molar-refractivity contribution >= 4 is 28.3 Å². The van der Waals surface area contributed by atoms with Crippen LogP contribution in [0.2, 0.25) is 0 Å². The number of rotatable bonds is 7. The van der Waals surface area contributed by atoms with E-state index in [-0.39, 0.29) is 23.2 Å². The number of halogens is 1. The molecular weight excluding hydrogens is 362 g/mol. The van der Waals surface area contributed by atoms with E-state index in [1.54, 1.807) is 12.1 Å². The average Bonchev–Trinajstić information content (AvgIpc) is 2.55. The summed E-state index contributed by atoms with van der Waals surface area (Å²) in [5, 5.41) is 11.4. The molecule has 1 heterocycles. The second-order valence-electron chi connectivity index (χ2n) is 6.58. The molecule has 4 N–H and O–H groups in total. The van der Waals surface area contributed by atoms with Gasteiger partial charge >= 0.3 is 0 Å². The maximum absolute atomic E-state index is 12.0. The second kappa shape index (κ2) is 10.1. The Morgan fingerprint density at radius 3 is 2.60 bits per heavy atom. The van der Waals surface area contributed by atoms with Crippen LogP contribution in [0.4, 0.5) is 0 Å². The third kappa shape index (κ3) is 7.32. The van der Waals surface area contributed by atoms with Crippen molar-refractivity contribution in [3.63, 3.8) is 0 Å². The summed E-state index contributed by atoms with van der Waals surface area (Å²) < 4.78 is 22.4. The number of amides is 1. The molecule has 1 aromatic carbocycles. The number of hydrogen-bond acceptors (Lipinski definition) is 4. The molecule has 142 valence electrons. The van der Waals surface area contributed by atoms with E-state index < -0.39 is 10.0 Å². The van der Waals surface area contributed by atoms with E-state index in [2.05, 4.69) is 17.6 Å².